The molecule has 0 saturated heterocycles. The number of carbonyl (C=O) groups is 4. The van der Waals surface area contributed by atoms with E-state index in [1.165, 1.54) is 12.1 Å². The van der Waals surface area contributed by atoms with Crippen molar-refractivity contribution in [3.8, 4) is 0 Å². The fraction of sp³-hybridized carbons (Fsp3) is 0.111. The number of aromatic carboxylic acids is 4. The van der Waals surface area contributed by atoms with Gasteiger partial charge in [-0.15, -0.1) is 0 Å². The average Bonchev–Trinajstić information content (AvgIpc) is 2.81. The van der Waals surface area contributed by atoms with Crippen LogP contribution in [0.15, 0.2) is 60.7 Å². The summed E-state index contributed by atoms with van der Waals surface area (Å²) in [6.07, 6.45) is -0.0234. The smallest absolute Gasteiger partial charge is 0.337 e. The van der Waals surface area contributed by atoms with Crippen molar-refractivity contribution in [3.63, 3.8) is 0 Å². The van der Waals surface area contributed by atoms with Gasteiger partial charge in [0.2, 0.25) is 0 Å². The first-order chi connectivity index (χ1) is 16.6. The third-order valence-electron chi connectivity index (χ3n) is 6.12. The van der Waals surface area contributed by atoms with Crippen molar-refractivity contribution in [1.82, 2.24) is 0 Å². The zero-order valence-electron chi connectivity index (χ0n) is 18.5. The monoisotopic (exact) mass is 472 g/mol. The molecule has 0 bridgehead atoms. The van der Waals surface area contributed by atoms with Crippen LogP contribution < -0.4 is 0 Å². The Bertz CT molecular complexity index is 1550. The van der Waals surface area contributed by atoms with E-state index in [0.29, 0.717) is 10.8 Å². The van der Waals surface area contributed by atoms with Crippen LogP contribution in [-0.2, 0) is 6.42 Å². The van der Waals surface area contributed by atoms with E-state index in [1.807, 2.05) is 0 Å². The second-order valence-corrected chi connectivity index (χ2v) is 8.27. The van der Waals surface area contributed by atoms with Crippen LogP contribution in [0.2, 0.25) is 0 Å². The van der Waals surface area contributed by atoms with Gasteiger partial charge in [0.15, 0.2) is 0 Å². The molecule has 4 rings (SSSR count). The second kappa shape index (κ2) is 8.90. The topological polar surface area (TPSA) is 149 Å². The van der Waals surface area contributed by atoms with E-state index >= 15 is 0 Å². The molecule has 8 heteroatoms. The van der Waals surface area contributed by atoms with Crippen LogP contribution in [-0.4, -0.2) is 44.3 Å². The van der Waals surface area contributed by atoms with Crippen molar-refractivity contribution >= 4 is 45.4 Å². The Balaban J connectivity index is 1.97. The fourth-order valence-electron chi connectivity index (χ4n) is 4.68. The maximum atomic E-state index is 12.2. The highest BCUT2D eigenvalue weighted by molar-refractivity contribution is 6.14. The van der Waals surface area contributed by atoms with Crippen LogP contribution in [0.4, 0.5) is 0 Å². The minimum absolute atomic E-state index is 0.0234. The summed E-state index contributed by atoms with van der Waals surface area (Å²) in [7, 11) is 0. The molecule has 4 aromatic carbocycles. The molecule has 1 unspecified atom stereocenters. The van der Waals surface area contributed by atoms with Gasteiger partial charge in [-0.05, 0) is 51.1 Å². The van der Waals surface area contributed by atoms with Gasteiger partial charge >= 0.3 is 23.9 Å². The zero-order chi connectivity index (χ0) is 25.4. The summed E-state index contributed by atoms with van der Waals surface area (Å²) < 4.78 is 0. The van der Waals surface area contributed by atoms with Gasteiger partial charge in [0.1, 0.15) is 0 Å². The number of fused-ring (bicyclic) bond motifs is 2. The van der Waals surface area contributed by atoms with Crippen LogP contribution >= 0.6 is 0 Å². The Morgan fingerprint density at radius 3 is 1.54 bits per heavy atom. The Hall–Kier alpha value is -4.72. The average molecular weight is 472 g/mol. The van der Waals surface area contributed by atoms with E-state index in [1.54, 1.807) is 55.5 Å². The van der Waals surface area contributed by atoms with Gasteiger partial charge in [0.25, 0.3) is 0 Å². The minimum Gasteiger partial charge on any atom is -0.478 e. The summed E-state index contributed by atoms with van der Waals surface area (Å²) in [5.74, 6) is -6.27. The molecule has 0 aliphatic rings. The summed E-state index contributed by atoms with van der Waals surface area (Å²) in [5, 5.41) is 41.1. The Labute approximate surface area is 198 Å². The summed E-state index contributed by atoms with van der Waals surface area (Å²) in [6, 6.07) is 16.2. The first-order valence-electron chi connectivity index (χ1n) is 10.6. The number of carboxylic acid groups (broad SMARTS) is 4. The lowest BCUT2D eigenvalue weighted by atomic mass is 9.83. The zero-order valence-corrected chi connectivity index (χ0v) is 18.5. The fourth-order valence-corrected chi connectivity index (χ4v) is 4.68. The molecule has 0 saturated carbocycles. The van der Waals surface area contributed by atoms with E-state index < -0.39 is 29.8 Å². The molecule has 0 spiro atoms. The highest BCUT2D eigenvalue weighted by Gasteiger charge is 2.29. The minimum atomic E-state index is -1.42. The number of carboxylic acids is 4. The summed E-state index contributed by atoms with van der Waals surface area (Å²) in [6.45, 7) is 1.66. The molecule has 0 aliphatic heterocycles. The molecule has 0 heterocycles. The number of hydrogen-bond acceptors (Lipinski definition) is 4. The van der Waals surface area contributed by atoms with Crippen molar-refractivity contribution in [2.45, 2.75) is 19.3 Å². The van der Waals surface area contributed by atoms with E-state index in [-0.39, 0.29) is 50.6 Å². The highest BCUT2D eigenvalue weighted by atomic mass is 16.4. The van der Waals surface area contributed by atoms with Crippen LogP contribution in [0, 0.1) is 0 Å². The molecule has 35 heavy (non-hydrogen) atoms. The number of rotatable bonds is 7. The SMILES string of the molecule is CC(Cc1cc2ccccc2c(C(=O)O)c1C(=O)O)c1cc2ccccc2c(C(=O)O)c1C(=O)O. The van der Waals surface area contributed by atoms with Crippen molar-refractivity contribution in [1.29, 1.82) is 0 Å². The third-order valence-corrected chi connectivity index (χ3v) is 6.12. The van der Waals surface area contributed by atoms with E-state index in [4.69, 9.17) is 0 Å². The van der Waals surface area contributed by atoms with E-state index in [9.17, 15) is 39.6 Å². The Morgan fingerprint density at radius 1 is 0.629 bits per heavy atom. The molecule has 1 atom stereocenters. The predicted octanol–water partition coefficient (Wildman–Crippen LogP) is 5.13. The molecule has 8 nitrogen and oxygen atoms in total. The second-order valence-electron chi connectivity index (χ2n) is 8.27. The summed E-state index contributed by atoms with van der Waals surface area (Å²) in [5.41, 5.74) is -1.02. The lowest BCUT2D eigenvalue weighted by Crippen LogP contribution is -2.17. The lowest BCUT2D eigenvalue weighted by molar-refractivity contribution is 0.0651. The Kier molecular flexibility index (Phi) is 5.96. The molecule has 4 N–H and O–H groups in total. The van der Waals surface area contributed by atoms with Crippen molar-refractivity contribution in [2.75, 3.05) is 0 Å². The first kappa shape index (κ1) is 23.4. The van der Waals surface area contributed by atoms with Crippen molar-refractivity contribution < 1.29 is 39.6 Å². The third kappa shape index (κ3) is 4.06. The Morgan fingerprint density at radius 2 is 1.06 bits per heavy atom. The molecule has 0 aliphatic carbocycles. The number of hydrogen-bond donors (Lipinski definition) is 4. The molecule has 0 aromatic heterocycles. The van der Waals surface area contributed by atoms with E-state index in [0.717, 1.165) is 0 Å². The molecule has 0 fully saturated rings. The quantitative estimate of drug-likeness (QED) is 0.289. The van der Waals surface area contributed by atoms with Gasteiger partial charge in [-0.3, -0.25) is 0 Å². The number of benzene rings is 4. The van der Waals surface area contributed by atoms with Gasteiger partial charge in [-0.2, -0.15) is 0 Å². The van der Waals surface area contributed by atoms with Gasteiger partial charge in [0, 0.05) is 0 Å². The maximum Gasteiger partial charge on any atom is 0.337 e. The van der Waals surface area contributed by atoms with Crippen LogP contribution in [0.1, 0.15) is 65.4 Å². The largest absolute Gasteiger partial charge is 0.478 e. The van der Waals surface area contributed by atoms with E-state index in [2.05, 4.69) is 0 Å². The summed E-state index contributed by atoms with van der Waals surface area (Å²) >= 11 is 0. The molecule has 176 valence electrons. The summed E-state index contributed by atoms with van der Waals surface area (Å²) in [4.78, 5) is 48.5. The normalized spacial score (nSPS) is 11.9. The van der Waals surface area contributed by atoms with Crippen LogP contribution in [0.3, 0.4) is 0 Å². The maximum absolute atomic E-state index is 12.2. The van der Waals surface area contributed by atoms with Gasteiger partial charge < -0.3 is 20.4 Å². The van der Waals surface area contributed by atoms with Crippen molar-refractivity contribution in [3.05, 3.63) is 94.0 Å². The van der Waals surface area contributed by atoms with Crippen molar-refractivity contribution in [2.24, 2.45) is 0 Å². The van der Waals surface area contributed by atoms with Gasteiger partial charge in [0.05, 0.1) is 22.3 Å². The first-order valence-corrected chi connectivity index (χ1v) is 10.6. The van der Waals surface area contributed by atoms with Crippen LogP contribution in [0.25, 0.3) is 21.5 Å². The lowest BCUT2D eigenvalue weighted by Gasteiger charge is -2.20. The standard InChI is InChI=1S/C27H20O8/c1-13(19-12-15-7-3-5-9-18(15)22(26(32)33)23(19)27(34)35)10-16-11-14-6-2-4-8-17(14)21(25(30)31)20(16)24(28)29/h2-9,11-13H,10H2,1H3,(H,28,29)(H,30,31)(H,32,33)(H,34,35). The van der Waals surface area contributed by atoms with Gasteiger partial charge in [-0.1, -0.05) is 61.5 Å². The molecule has 0 amide bonds. The molecular weight excluding hydrogens is 452 g/mol. The van der Waals surface area contributed by atoms with Crippen LogP contribution in [0.5, 0.6) is 0 Å². The predicted molar refractivity (Wildman–Crippen MR) is 128 cm³/mol. The molecule has 0 radical (unpaired) electrons. The van der Waals surface area contributed by atoms with Gasteiger partial charge in [-0.25, -0.2) is 19.2 Å². The molecule has 4 aromatic rings. The molecular formula is C27H20O8. The highest BCUT2D eigenvalue weighted by Crippen LogP contribution is 2.35.